The highest BCUT2D eigenvalue weighted by Gasteiger charge is 2.19. The topological polar surface area (TPSA) is 36.4 Å². The Morgan fingerprint density at radius 2 is 1.76 bits per heavy atom. The van der Waals surface area contributed by atoms with E-state index < -0.39 is 0 Å². The van der Waals surface area contributed by atoms with Crippen LogP contribution in [0.2, 0.25) is 0 Å². The van der Waals surface area contributed by atoms with E-state index in [1.165, 1.54) is 32.1 Å². The molecule has 0 heterocycles. The zero-order valence-corrected chi connectivity index (χ0v) is 11.9. The Hall–Kier alpha value is -0.730. The van der Waals surface area contributed by atoms with Gasteiger partial charge in [-0.2, -0.15) is 0 Å². The molecule has 1 aliphatic carbocycles. The minimum absolute atomic E-state index is 0.442. The highest BCUT2D eigenvalue weighted by Crippen LogP contribution is 2.29. The Morgan fingerprint density at radius 1 is 1.18 bits per heavy atom. The molecule has 1 fully saturated rings. The van der Waals surface area contributed by atoms with Gasteiger partial charge >= 0.3 is 0 Å². The van der Waals surface area contributed by atoms with E-state index in [2.05, 4.69) is 36.4 Å². The molecule has 1 aliphatic rings. The number of nitrogens with one attached hydrogen (secondary N) is 2. The van der Waals surface area contributed by atoms with Crippen LogP contribution in [-0.2, 0) is 0 Å². The van der Waals surface area contributed by atoms with E-state index in [0.717, 1.165) is 24.3 Å². The Balaban J connectivity index is 2.22. The number of nitrogens with zero attached hydrogens (tertiary/aromatic N) is 1. The molecule has 0 aliphatic heterocycles. The highest BCUT2D eigenvalue weighted by molar-refractivity contribution is 5.79. The summed E-state index contributed by atoms with van der Waals surface area (Å²) in [6, 6.07) is 0.442. The van der Waals surface area contributed by atoms with Gasteiger partial charge in [0, 0.05) is 19.6 Å². The maximum absolute atomic E-state index is 4.24. The lowest BCUT2D eigenvalue weighted by Crippen LogP contribution is -2.43. The van der Waals surface area contributed by atoms with Gasteiger partial charge < -0.3 is 10.6 Å². The number of guanidine groups is 1. The quantitative estimate of drug-likeness (QED) is 0.584. The summed E-state index contributed by atoms with van der Waals surface area (Å²) >= 11 is 0. The molecule has 1 saturated carbocycles. The predicted octanol–water partition coefficient (Wildman–Crippen LogP) is 2.78. The fraction of sp³-hybridized carbons (Fsp3) is 0.929. The van der Waals surface area contributed by atoms with Crippen LogP contribution in [0.4, 0.5) is 0 Å². The maximum atomic E-state index is 4.24. The molecule has 0 aromatic carbocycles. The molecule has 0 amide bonds. The number of rotatable bonds is 4. The van der Waals surface area contributed by atoms with Crippen LogP contribution >= 0.6 is 0 Å². The van der Waals surface area contributed by atoms with Crippen molar-refractivity contribution in [2.75, 3.05) is 13.6 Å². The molecule has 0 saturated heterocycles. The fourth-order valence-electron chi connectivity index (χ4n) is 2.55. The molecule has 0 unspecified atom stereocenters. The molecule has 0 atom stereocenters. The van der Waals surface area contributed by atoms with Crippen molar-refractivity contribution in [1.82, 2.24) is 10.6 Å². The smallest absolute Gasteiger partial charge is 0.191 e. The molecule has 3 heteroatoms. The van der Waals surface area contributed by atoms with E-state index in [1.807, 2.05) is 7.05 Å². The van der Waals surface area contributed by atoms with Gasteiger partial charge in [0.15, 0.2) is 5.96 Å². The second kappa shape index (κ2) is 7.57. The van der Waals surface area contributed by atoms with E-state index in [4.69, 9.17) is 0 Å². The first kappa shape index (κ1) is 14.3. The predicted molar refractivity (Wildman–Crippen MR) is 75.4 cm³/mol. The van der Waals surface area contributed by atoms with E-state index in [-0.39, 0.29) is 0 Å². The zero-order valence-electron chi connectivity index (χ0n) is 11.9. The van der Waals surface area contributed by atoms with Gasteiger partial charge in [0.1, 0.15) is 0 Å². The van der Waals surface area contributed by atoms with Gasteiger partial charge in [0.2, 0.25) is 0 Å². The maximum Gasteiger partial charge on any atom is 0.191 e. The van der Waals surface area contributed by atoms with Crippen molar-refractivity contribution >= 4 is 5.96 Å². The summed E-state index contributed by atoms with van der Waals surface area (Å²) in [5.41, 5.74) is 0. The summed E-state index contributed by atoms with van der Waals surface area (Å²) < 4.78 is 0. The Kier molecular flexibility index (Phi) is 6.38. The molecule has 0 radical (unpaired) electrons. The van der Waals surface area contributed by atoms with Crippen LogP contribution in [0.25, 0.3) is 0 Å². The first-order valence-corrected chi connectivity index (χ1v) is 7.12. The van der Waals surface area contributed by atoms with Gasteiger partial charge in [0.25, 0.3) is 0 Å². The van der Waals surface area contributed by atoms with E-state index in [9.17, 15) is 0 Å². The van der Waals surface area contributed by atoms with Crippen molar-refractivity contribution in [3.8, 4) is 0 Å². The first-order valence-electron chi connectivity index (χ1n) is 7.12. The summed E-state index contributed by atoms with van der Waals surface area (Å²) in [5, 5.41) is 6.77. The summed E-state index contributed by atoms with van der Waals surface area (Å²) in [6.45, 7) is 7.67. The molecule has 3 nitrogen and oxygen atoms in total. The van der Waals surface area contributed by atoms with Crippen molar-refractivity contribution < 1.29 is 0 Å². The fourth-order valence-corrected chi connectivity index (χ4v) is 2.55. The largest absolute Gasteiger partial charge is 0.356 e. The number of aliphatic imine (C=N–C) groups is 1. The average Bonchev–Trinajstić information content (AvgIpc) is 2.34. The molecule has 0 bridgehead atoms. The van der Waals surface area contributed by atoms with Gasteiger partial charge in [-0.1, -0.05) is 26.2 Å². The van der Waals surface area contributed by atoms with Crippen LogP contribution in [0.1, 0.15) is 52.9 Å². The van der Waals surface area contributed by atoms with Crippen LogP contribution in [0.15, 0.2) is 4.99 Å². The summed E-state index contributed by atoms with van der Waals surface area (Å²) in [4.78, 5) is 4.24. The minimum atomic E-state index is 0.442. The molecular formula is C14H29N3. The van der Waals surface area contributed by atoms with Crippen molar-refractivity contribution in [2.24, 2.45) is 16.8 Å². The monoisotopic (exact) mass is 239 g/mol. The second-order valence-electron chi connectivity index (χ2n) is 5.55. The van der Waals surface area contributed by atoms with Gasteiger partial charge in [-0.25, -0.2) is 0 Å². The van der Waals surface area contributed by atoms with Gasteiger partial charge in [0.05, 0.1) is 0 Å². The highest BCUT2D eigenvalue weighted by atomic mass is 15.2. The van der Waals surface area contributed by atoms with Crippen molar-refractivity contribution in [3.05, 3.63) is 0 Å². The van der Waals surface area contributed by atoms with Gasteiger partial charge in [-0.15, -0.1) is 0 Å². The summed E-state index contributed by atoms with van der Waals surface area (Å²) in [7, 11) is 1.84. The third kappa shape index (κ3) is 5.42. The lowest BCUT2D eigenvalue weighted by Gasteiger charge is -2.28. The molecular weight excluding hydrogens is 210 g/mol. The summed E-state index contributed by atoms with van der Waals surface area (Å²) in [5.74, 6) is 2.76. The Labute approximate surface area is 106 Å². The lowest BCUT2D eigenvalue weighted by molar-refractivity contribution is 0.269. The van der Waals surface area contributed by atoms with Crippen LogP contribution in [-0.4, -0.2) is 25.6 Å². The number of hydrogen-bond donors (Lipinski definition) is 2. The van der Waals surface area contributed by atoms with Gasteiger partial charge in [-0.3, -0.25) is 4.99 Å². The molecule has 17 heavy (non-hydrogen) atoms. The molecule has 0 aromatic rings. The minimum Gasteiger partial charge on any atom is -0.356 e. The van der Waals surface area contributed by atoms with Crippen LogP contribution in [0.5, 0.6) is 0 Å². The molecule has 1 rings (SSSR count). The lowest BCUT2D eigenvalue weighted by atomic mass is 9.81. The average molecular weight is 239 g/mol. The molecule has 0 aromatic heterocycles. The second-order valence-corrected chi connectivity index (χ2v) is 5.55. The van der Waals surface area contributed by atoms with Crippen molar-refractivity contribution in [1.29, 1.82) is 0 Å². The van der Waals surface area contributed by atoms with Crippen LogP contribution in [0, 0.1) is 11.8 Å². The Morgan fingerprint density at radius 3 is 2.24 bits per heavy atom. The van der Waals surface area contributed by atoms with Crippen LogP contribution < -0.4 is 10.6 Å². The third-order valence-corrected chi connectivity index (χ3v) is 3.75. The zero-order chi connectivity index (χ0) is 12.7. The SMILES string of the molecule is CCC1CCC(CNC(=NC)NC(C)C)CC1. The Bertz CT molecular complexity index is 228. The van der Waals surface area contributed by atoms with E-state index >= 15 is 0 Å². The van der Waals surface area contributed by atoms with Crippen molar-refractivity contribution in [3.63, 3.8) is 0 Å². The third-order valence-electron chi connectivity index (χ3n) is 3.75. The van der Waals surface area contributed by atoms with Crippen molar-refractivity contribution in [2.45, 2.75) is 58.9 Å². The van der Waals surface area contributed by atoms with Crippen LogP contribution in [0.3, 0.4) is 0 Å². The van der Waals surface area contributed by atoms with E-state index in [0.29, 0.717) is 6.04 Å². The van der Waals surface area contributed by atoms with Gasteiger partial charge in [-0.05, 0) is 38.5 Å². The summed E-state index contributed by atoms with van der Waals surface area (Å²) in [6.07, 6.45) is 6.95. The number of hydrogen-bond acceptors (Lipinski definition) is 1. The molecule has 2 N–H and O–H groups in total. The normalized spacial score (nSPS) is 26.1. The van der Waals surface area contributed by atoms with E-state index in [1.54, 1.807) is 0 Å². The molecule has 0 spiro atoms. The first-order chi connectivity index (χ1) is 8.15. The standard InChI is InChI=1S/C14H29N3/c1-5-12-6-8-13(9-7-12)10-16-14(15-4)17-11(2)3/h11-13H,5-10H2,1-4H3,(H2,15,16,17). The molecule has 100 valence electrons.